The van der Waals surface area contributed by atoms with Crippen molar-refractivity contribution in [3.8, 4) is 16.9 Å². The molecule has 0 bridgehead atoms. The molecule has 33 heavy (non-hydrogen) atoms. The predicted octanol–water partition coefficient (Wildman–Crippen LogP) is 7.78. The molecule has 0 saturated heterocycles. The van der Waals surface area contributed by atoms with Crippen LogP contribution in [0.2, 0.25) is 0 Å². The molecule has 3 aromatic carbocycles. The Hall–Kier alpha value is -3.39. The van der Waals surface area contributed by atoms with Crippen molar-refractivity contribution in [2.45, 2.75) is 46.0 Å². The molecule has 2 heteroatoms. The van der Waals surface area contributed by atoms with Crippen LogP contribution in [0.25, 0.3) is 16.7 Å². The Balaban J connectivity index is 1.45. The average Bonchev–Trinajstić information content (AvgIpc) is 2.85. The number of hydrogen-bond donors (Lipinski definition) is 0. The van der Waals surface area contributed by atoms with E-state index in [1.165, 1.54) is 27.8 Å². The van der Waals surface area contributed by atoms with Crippen molar-refractivity contribution in [3.05, 3.63) is 108 Å². The van der Waals surface area contributed by atoms with Crippen LogP contribution in [0.5, 0.6) is 5.75 Å². The van der Waals surface area contributed by atoms with Crippen LogP contribution in [0.15, 0.2) is 91.0 Å². The predicted molar refractivity (Wildman–Crippen MR) is 137 cm³/mol. The molecule has 1 atom stereocenters. The van der Waals surface area contributed by atoms with Gasteiger partial charge < -0.3 is 4.74 Å². The summed E-state index contributed by atoms with van der Waals surface area (Å²) < 4.78 is 5.39. The van der Waals surface area contributed by atoms with Gasteiger partial charge in [0.05, 0.1) is 5.92 Å². The van der Waals surface area contributed by atoms with E-state index in [1.54, 1.807) is 0 Å². The van der Waals surface area contributed by atoms with E-state index in [9.17, 15) is 4.79 Å². The van der Waals surface area contributed by atoms with E-state index in [0.717, 1.165) is 18.4 Å². The summed E-state index contributed by atoms with van der Waals surface area (Å²) in [6.07, 6.45) is 8.81. The molecular formula is C31H32O2. The van der Waals surface area contributed by atoms with Gasteiger partial charge in [0.1, 0.15) is 5.75 Å². The van der Waals surface area contributed by atoms with Gasteiger partial charge in [-0.25, -0.2) is 0 Å². The molecule has 0 saturated carbocycles. The normalized spacial score (nSPS) is 17.7. The SMILES string of the molecule is CCc1ccc(-c2ccc(C3(C)C=CC(c4ccc(OC(=O)C(C)C)cc4)=CC3)cc2)cc1. The first-order valence-corrected chi connectivity index (χ1v) is 11.8. The van der Waals surface area contributed by atoms with Crippen LogP contribution < -0.4 is 4.74 Å². The molecule has 4 rings (SSSR count). The maximum atomic E-state index is 11.8. The Morgan fingerprint density at radius 2 is 1.45 bits per heavy atom. The Morgan fingerprint density at radius 1 is 0.879 bits per heavy atom. The second-order valence-corrected chi connectivity index (χ2v) is 9.34. The minimum atomic E-state index is -0.209. The first-order valence-electron chi connectivity index (χ1n) is 11.8. The second-order valence-electron chi connectivity index (χ2n) is 9.34. The van der Waals surface area contributed by atoms with Gasteiger partial charge in [-0.3, -0.25) is 4.79 Å². The topological polar surface area (TPSA) is 26.3 Å². The highest BCUT2D eigenvalue weighted by Crippen LogP contribution is 2.37. The monoisotopic (exact) mass is 436 g/mol. The molecule has 0 N–H and O–H groups in total. The smallest absolute Gasteiger partial charge is 0.313 e. The van der Waals surface area contributed by atoms with Crippen molar-refractivity contribution in [3.63, 3.8) is 0 Å². The van der Waals surface area contributed by atoms with Gasteiger partial charge in [0.25, 0.3) is 0 Å². The highest BCUT2D eigenvalue weighted by molar-refractivity contribution is 5.77. The highest BCUT2D eigenvalue weighted by Gasteiger charge is 2.25. The lowest BCUT2D eigenvalue weighted by Crippen LogP contribution is -2.20. The van der Waals surface area contributed by atoms with Gasteiger partial charge in [0, 0.05) is 5.41 Å². The Kier molecular flexibility index (Phi) is 6.65. The summed E-state index contributed by atoms with van der Waals surface area (Å²) >= 11 is 0. The van der Waals surface area contributed by atoms with E-state index >= 15 is 0 Å². The Morgan fingerprint density at radius 3 is 1.97 bits per heavy atom. The van der Waals surface area contributed by atoms with E-state index < -0.39 is 0 Å². The van der Waals surface area contributed by atoms with Gasteiger partial charge in [0.2, 0.25) is 0 Å². The van der Waals surface area contributed by atoms with Crippen molar-refractivity contribution < 1.29 is 9.53 Å². The van der Waals surface area contributed by atoms with Gasteiger partial charge in [-0.2, -0.15) is 0 Å². The summed E-state index contributed by atoms with van der Waals surface area (Å²) in [7, 11) is 0. The molecule has 0 amide bonds. The number of allylic oxidation sites excluding steroid dienone is 4. The Labute approximate surface area is 197 Å². The zero-order valence-electron chi connectivity index (χ0n) is 20.0. The van der Waals surface area contributed by atoms with E-state index in [4.69, 9.17) is 4.74 Å². The molecular weight excluding hydrogens is 404 g/mol. The number of esters is 1. The molecule has 0 radical (unpaired) electrons. The lowest BCUT2D eigenvalue weighted by Gasteiger charge is -2.29. The number of benzene rings is 3. The first kappa shape index (κ1) is 22.8. The second kappa shape index (κ2) is 9.62. The van der Waals surface area contributed by atoms with Crippen molar-refractivity contribution in [1.82, 2.24) is 0 Å². The van der Waals surface area contributed by atoms with Crippen LogP contribution in [0, 0.1) is 5.92 Å². The third-order valence-corrected chi connectivity index (χ3v) is 6.49. The van der Waals surface area contributed by atoms with Crippen LogP contribution >= 0.6 is 0 Å². The molecule has 1 unspecified atom stereocenters. The summed E-state index contributed by atoms with van der Waals surface area (Å²) in [5, 5.41) is 0. The van der Waals surface area contributed by atoms with Crippen LogP contribution in [-0.4, -0.2) is 5.97 Å². The fourth-order valence-corrected chi connectivity index (χ4v) is 4.09. The molecule has 0 fully saturated rings. The van der Waals surface area contributed by atoms with Gasteiger partial charge in [0.15, 0.2) is 0 Å². The van der Waals surface area contributed by atoms with Crippen LogP contribution in [0.3, 0.4) is 0 Å². The van der Waals surface area contributed by atoms with E-state index in [-0.39, 0.29) is 17.3 Å². The van der Waals surface area contributed by atoms with Crippen LogP contribution in [-0.2, 0) is 16.6 Å². The highest BCUT2D eigenvalue weighted by atomic mass is 16.5. The fourth-order valence-electron chi connectivity index (χ4n) is 4.09. The number of carbonyl (C=O) groups excluding carboxylic acids is 1. The number of ether oxygens (including phenoxy) is 1. The summed E-state index contributed by atoms with van der Waals surface area (Å²) in [6, 6.07) is 25.6. The summed E-state index contributed by atoms with van der Waals surface area (Å²) in [4.78, 5) is 11.8. The van der Waals surface area contributed by atoms with Crippen molar-refractivity contribution in [2.75, 3.05) is 0 Å². The maximum absolute atomic E-state index is 11.8. The van der Waals surface area contributed by atoms with Gasteiger partial charge in [-0.15, -0.1) is 0 Å². The quantitative estimate of drug-likeness (QED) is 0.291. The molecule has 168 valence electrons. The molecule has 0 aliphatic heterocycles. The van der Waals surface area contributed by atoms with Crippen molar-refractivity contribution in [1.29, 1.82) is 0 Å². The Bertz CT molecular complexity index is 1160. The van der Waals surface area contributed by atoms with E-state index in [0.29, 0.717) is 5.75 Å². The molecule has 0 heterocycles. The summed E-state index contributed by atoms with van der Waals surface area (Å²) in [5.41, 5.74) is 7.49. The van der Waals surface area contributed by atoms with Gasteiger partial charge >= 0.3 is 5.97 Å². The number of hydrogen-bond acceptors (Lipinski definition) is 2. The number of carbonyl (C=O) groups is 1. The fraction of sp³-hybridized carbons (Fsp3) is 0.258. The van der Waals surface area contributed by atoms with Crippen molar-refractivity contribution in [2.24, 2.45) is 5.92 Å². The zero-order chi connectivity index (χ0) is 23.4. The maximum Gasteiger partial charge on any atom is 0.313 e. The van der Waals surface area contributed by atoms with Gasteiger partial charge in [-0.1, -0.05) is 107 Å². The summed E-state index contributed by atoms with van der Waals surface area (Å²) in [6.45, 7) is 8.14. The molecule has 0 spiro atoms. The van der Waals surface area contributed by atoms with E-state index in [2.05, 4.69) is 80.6 Å². The molecule has 1 aliphatic rings. The number of aryl methyl sites for hydroxylation is 1. The summed E-state index contributed by atoms with van der Waals surface area (Å²) in [5.74, 6) is 0.244. The third kappa shape index (κ3) is 5.17. The van der Waals surface area contributed by atoms with Crippen LogP contribution in [0.4, 0.5) is 0 Å². The lowest BCUT2D eigenvalue weighted by molar-refractivity contribution is -0.137. The number of rotatable bonds is 6. The van der Waals surface area contributed by atoms with E-state index in [1.807, 2.05) is 38.1 Å². The van der Waals surface area contributed by atoms with Crippen molar-refractivity contribution >= 4 is 11.5 Å². The molecule has 0 aromatic heterocycles. The molecule has 2 nitrogen and oxygen atoms in total. The molecule has 1 aliphatic carbocycles. The first-order chi connectivity index (χ1) is 15.9. The largest absolute Gasteiger partial charge is 0.426 e. The minimum Gasteiger partial charge on any atom is -0.426 e. The minimum absolute atomic E-state index is 0.0270. The van der Waals surface area contributed by atoms with Crippen LogP contribution in [0.1, 0.15) is 50.8 Å². The average molecular weight is 437 g/mol. The third-order valence-electron chi connectivity index (χ3n) is 6.49. The molecule has 3 aromatic rings. The standard InChI is InChI=1S/C31H32O2/c1-5-23-6-8-24(9-7-23)25-10-14-28(15-11-25)31(4)20-18-27(19-21-31)26-12-16-29(17-13-26)33-30(32)22(2)3/h6-20,22H,5,21H2,1-4H3. The van der Waals surface area contributed by atoms with Gasteiger partial charge in [-0.05, 0) is 58.4 Å². The lowest BCUT2D eigenvalue weighted by atomic mass is 9.75. The zero-order valence-corrected chi connectivity index (χ0v) is 20.0.